The predicted octanol–water partition coefficient (Wildman–Crippen LogP) is 4.16. The summed E-state index contributed by atoms with van der Waals surface area (Å²) < 4.78 is 6.55. The van der Waals surface area contributed by atoms with Gasteiger partial charge >= 0.3 is 6.09 Å². The lowest BCUT2D eigenvalue weighted by molar-refractivity contribution is 0.0168. The number of nitrogens with two attached hydrogens (primary N) is 1. The summed E-state index contributed by atoms with van der Waals surface area (Å²) in [7, 11) is 0. The second kappa shape index (κ2) is 6.65. The molecule has 0 atom stereocenters. The van der Waals surface area contributed by atoms with Crippen molar-refractivity contribution >= 4 is 32.9 Å². The van der Waals surface area contributed by atoms with E-state index in [-0.39, 0.29) is 11.5 Å². The third-order valence-electron chi connectivity index (χ3n) is 4.98. The summed E-state index contributed by atoms with van der Waals surface area (Å²) in [6.07, 6.45) is 3.52. The molecule has 1 amide bonds. The highest BCUT2D eigenvalue weighted by molar-refractivity contribution is 9.10. The quantitative estimate of drug-likeness (QED) is 0.784. The number of ether oxygens (including phenoxy) is 1. The number of rotatable bonds is 2. The monoisotopic (exact) mass is 407 g/mol. The molecule has 3 rings (SSSR count). The molecule has 136 valence electrons. The van der Waals surface area contributed by atoms with Crippen molar-refractivity contribution in [3.05, 3.63) is 34.4 Å². The lowest BCUT2D eigenvalue weighted by Gasteiger charge is -2.41. The van der Waals surface area contributed by atoms with Crippen molar-refractivity contribution in [2.24, 2.45) is 5.73 Å². The van der Waals surface area contributed by atoms with Crippen LogP contribution in [0.4, 0.5) is 4.79 Å². The zero-order valence-electron chi connectivity index (χ0n) is 15.1. The number of aromatic nitrogens is 1. The van der Waals surface area contributed by atoms with Crippen LogP contribution in [0.3, 0.4) is 0 Å². The molecule has 0 saturated carbocycles. The molecule has 0 unspecified atom stereocenters. The van der Waals surface area contributed by atoms with E-state index in [0.29, 0.717) is 19.6 Å². The second-order valence-electron chi connectivity index (χ2n) is 7.84. The van der Waals surface area contributed by atoms with Gasteiger partial charge in [0.2, 0.25) is 0 Å². The Labute approximate surface area is 157 Å². The van der Waals surface area contributed by atoms with Crippen LogP contribution in [0.25, 0.3) is 10.9 Å². The van der Waals surface area contributed by atoms with E-state index in [1.807, 2.05) is 20.8 Å². The third-order valence-corrected chi connectivity index (χ3v) is 5.47. The minimum absolute atomic E-state index is 0.107. The van der Waals surface area contributed by atoms with Crippen molar-refractivity contribution in [2.75, 3.05) is 19.6 Å². The van der Waals surface area contributed by atoms with Gasteiger partial charge in [0.05, 0.1) is 0 Å². The van der Waals surface area contributed by atoms with Gasteiger partial charge in [-0.2, -0.15) is 0 Å². The normalized spacial score (nSPS) is 17.7. The Morgan fingerprint density at radius 3 is 2.64 bits per heavy atom. The fourth-order valence-electron chi connectivity index (χ4n) is 3.56. The largest absolute Gasteiger partial charge is 0.444 e. The van der Waals surface area contributed by atoms with E-state index < -0.39 is 5.60 Å². The number of aromatic amines is 1. The number of hydrogen-bond acceptors (Lipinski definition) is 3. The minimum Gasteiger partial charge on any atom is -0.444 e. The standard InChI is InChI=1S/C19H26BrN3O2/c1-18(2,3)25-17(24)23-8-6-19(12-21,7-9-23)15-11-22-16-10-13(20)4-5-14(15)16/h4-5,10-11,22H,6-9,12,21H2,1-3H3. The van der Waals surface area contributed by atoms with E-state index in [9.17, 15) is 4.79 Å². The maximum absolute atomic E-state index is 12.3. The number of likely N-dealkylation sites (tertiary alicyclic amines) is 1. The van der Waals surface area contributed by atoms with Gasteiger partial charge in [0, 0.05) is 46.6 Å². The Balaban J connectivity index is 1.80. The summed E-state index contributed by atoms with van der Waals surface area (Å²) in [4.78, 5) is 17.5. The van der Waals surface area contributed by atoms with Crippen molar-refractivity contribution in [1.29, 1.82) is 0 Å². The predicted molar refractivity (Wildman–Crippen MR) is 104 cm³/mol. The molecule has 0 aliphatic carbocycles. The highest BCUT2D eigenvalue weighted by atomic mass is 79.9. The number of nitrogens with one attached hydrogen (secondary N) is 1. The molecular weight excluding hydrogens is 382 g/mol. The molecule has 2 aromatic rings. The fourth-order valence-corrected chi connectivity index (χ4v) is 3.93. The highest BCUT2D eigenvalue weighted by Crippen LogP contribution is 2.39. The van der Waals surface area contributed by atoms with Gasteiger partial charge in [-0.25, -0.2) is 4.79 Å². The van der Waals surface area contributed by atoms with Gasteiger partial charge < -0.3 is 20.4 Å². The van der Waals surface area contributed by atoms with Crippen molar-refractivity contribution in [2.45, 2.75) is 44.6 Å². The van der Waals surface area contributed by atoms with Crippen LogP contribution in [0.5, 0.6) is 0 Å². The smallest absolute Gasteiger partial charge is 0.410 e. The number of piperidine rings is 1. The molecule has 5 nitrogen and oxygen atoms in total. The lowest BCUT2D eigenvalue weighted by atomic mass is 9.73. The van der Waals surface area contributed by atoms with Crippen LogP contribution in [0.2, 0.25) is 0 Å². The minimum atomic E-state index is -0.469. The molecule has 1 saturated heterocycles. The summed E-state index contributed by atoms with van der Waals surface area (Å²) in [5.41, 5.74) is 8.00. The number of H-pyrrole nitrogens is 1. The summed E-state index contributed by atoms with van der Waals surface area (Å²) in [6.45, 7) is 7.57. The SMILES string of the molecule is CC(C)(C)OC(=O)N1CCC(CN)(c2c[nH]c3cc(Br)ccc23)CC1. The molecule has 0 bridgehead atoms. The molecule has 3 N–H and O–H groups in total. The number of nitrogens with zero attached hydrogens (tertiary/aromatic N) is 1. The van der Waals surface area contributed by atoms with E-state index in [4.69, 9.17) is 10.5 Å². The van der Waals surface area contributed by atoms with Gasteiger partial charge in [0.1, 0.15) is 5.60 Å². The molecule has 6 heteroatoms. The van der Waals surface area contributed by atoms with Crippen LogP contribution in [-0.4, -0.2) is 41.2 Å². The molecule has 1 aromatic carbocycles. The van der Waals surface area contributed by atoms with Crippen LogP contribution in [-0.2, 0) is 10.2 Å². The summed E-state index contributed by atoms with van der Waals surface area (Å²) >= 11 is 3.51. The van der Waals surface area contributed by atoms with Gasteiger partial charge in [0.25, 0.3) is 0 Å². The summed E-state index contributed by atoms with van der Waals surface area (Å²) in [5.74, 6) is 0. The van der Waals surface area contributed by atoms with Gasteiger partial charge in [-0.15, -0.1) is 0 Å². The van der Waals surface area contributed by atoms with E-state index >= 15 is 0 Å². The van der Waals surface area contributed by atoms with Crippen LogP contribution in [0.1, 0.15) is 39.2 Å². The van der Waals surface area contributed by atoms with Gasteiger partial charge in [-0.1, -0.05) is 22.0 Å². The maximum atomic E-state index is 12.3. The summed E-state index contributed by atoms with van der Waals surface area (Å²) in [5, 5.41) is 1.21. The first-order valence-electron chi connectivity index (χ1n) is 8.69. The molecule has 1 aliphatic rings. The molecule has 2 heterocycles. The van der Waals surface area contributed by atoms with E-state index in [1.165, 1.54) is 10.9 Å². The summed E-state index contributed by atoms with van der Waals surface area (Å²) in [6, 6.07) is 6.27. The molecule has 0 radical (unpaired) electrons. The number of fused-ring (bicyclic) bond motifs is 1. The Bertz CT molecular complexity index is 771. The Morgan fingerprint density at radius 1 is 1.36 bits per heavy atom. The zero-order chi connectivity index (χ0) is 18.2. The number of benzene rings is 1. The first-order valence-corrected chi connectivity index (χ1v) is 9.48. The van der Waals surface area contributed by atoms with Crippen molar-refractivity contribution in [3.63, 3.8) is 0 Å². The molecule has 1 aliphatic heterocycles. The lowest BCUT2D eigenvalue weighted by Crippen LogP contribution is -2.49. The number of carbonyl (C=O) groups is 1. The number of carbonyl (C=O) groups excluding carboxylic acids is 1. The van der Waals surface area contributed by atoms with Crippen molar-refractivity contribution < 1.29 is 9.53 Å². The number of halogens is 1. The van der Waals surface area contributed by atoms with Gasteiger partial charge in [0.15, 0.2) is 0 Å². The molecule has 25 heavy (non-hydrogen) atoms. The van der Waals surface area contributed by atoms with Crippen molar-refractivity contribution in [1.82, 2.24) is 9.88 Å². The zero-order valence-corrected chi connectivity index (χ0v) is 16.6. The Kier molecular flexibility index (Phi) is 4.86. The topological polar surface area (TPSA) is 71.3 Å². The van der Waals surface area contributed by atoms with Crippen molar-refractivity contribution in [3.8, 4) is 0 Å². The molecule has 1 fully saturated rings. The first-order chi connectivity index (χ1) is 11.7. The fraction of sp³-hybridized carbons (Fsp3) is 0.526. The van der Waals surface area contributed by atoms with E-state index in [0.717, 1.165) is 22.8 Å². The van der Waals surface area contributed by atoms with Crippen LogP contribution in [0, 0.1) is 0 Å². The molecular formula is C19H26BrN3O2. The first kappa shape index (κ1) is 18.3. The average molecular weight is 408 g/mol. The van der Waals surface area contributed by atoms with Gasteiger partial charge in [-0.05, 0) is 51.3 Å². The van der Waals surface area contributed by atoms with E-state index in [1.54, 1.807) is 4.90 Å². The maximum Gasteiger partial charge on any atom is 0.410 e. The average Bonchev–Trinajstić information content (AvgIpc) is 2.96. The third kappa shape index (κ3) is 3.70. The molecule has 1 aromatic heterocycles. The van der Waals surface area contributed by atoms with Crippen LogP contribution >= 0.6 is 15.9 Å². The molecule has 0 spiro atoms. The Morgan fingerprint density at radius 2 is 2.04 bits per heavy atom. The number of amides is 1. The second-order valence-corrected chi connectivity index (χ2v) is 8.76. The Hall–Kier alpha value is -1.53. The van der Waals surface area contributed by atoms with Gasteiger partial charge in [-0.3, -0.25) is 0 Å². The van der Waals surface area contributed by atoms with Crippen LogP contribution < -0.4 is 5.73 Å². The number of hydrogen-bond donors (Lipinski definition) is 2. The highest BCUT2D eigenvalue weighted by Gasteiger charge is 2.38. The van der Waals surface area contributed by atoms with E-state index in [2.05, 4.69) is 45.3 Å². The van der Waals surface area contributed by atoms with Crippen LogP contribution in [0.15, 0.2) is 28.9 Å².